The first-order valence-corrected chi connectivity index (χ1v) is 8.86. The third kappa shape index (κ3) is 3.72. The summed E-state index contributed by atoms with van der Waals surface area (Å²) >= 11 is 0. The van der Waals surface area contributed by atoms with Crippen LogP contribution in [0.4, 0.5) is 4.39 Å². The largest absolute Gasteiger partial charge is 0.444 e. The van der Waals surface area contributed by atoms with Gasteiger partial charge in [-0.2, -0.15) is 0 Å². The molecule has 1 atom stereocenters. The van der Waals surface area contributed by atoms with E-state index in [-0.39, 0.29) is 23.5 Å². The minimum atomic E-state index is -3.32. The lowest BCUT2D eigenvalue weighted by molar-refractivity contribution is 0.127. The van der Waals surface area contributed by atoms with Gasteiger partial charge in [-0.15, -0.1) is 0 Å². The van der Waals surface area contributed by atoms with Crippen LogP contribution >= 0.6 is 0 Å². The van der Waals surface area contributed by atoms with Crippen LogP contribution in [0.2, 0.25) is 0 Å². The highest BCUT2D eigenvalue weighted by Gasteiger charge is 2.24. The fourth-order valence-electron chi connectivity index (χ4n) is 2.47. The Bertz CT molecular complexity index is 750. The maximum absolute atomic E-state index is 13.2. The Balaban J connectivity index is 1.71. The third-order valence-corrected chi connectivity index (χ3v) is 5.07. The summed E-state index contributed by atoms with van der Waals surface area (Å²) in [6.07, 6.45) is 2.74. The van der Waals surface area contributed by atoms with Crippen LogP contribution in [0.15, 0.2) is 34.9 Å². The fraction of sp³-hybridized carbons (Fsp3) is 0.400. The van der Waals surface area contributed by atoms with E-state index >= 15 is 0 Å². The molecular weight excluding hydrogens is 309 g/mol. The van der Waals surface area contributed by atoms with Crippen molar-refractivity contribution in [2.75, 3.05) is 12.4 Å². The van der Waals surface area contributed by atoms with Gasteiger partial charge in [0.2, 0.25) is 5.89 Å². The molecule has 3 rings (SSSR count). The molecule has 22 heavy (non-hydrogen) atoms. The van der Waals surface area contributed by atoms with E-state index in [1.807, 2.05) is 0 Å². The van der Waals surface area contributed by atoms with E-state index in [0.29, 0.717) is 17.9 Å². The summed E-state index contributed by atoms with van der Waals surface area (Å²) in [6.45, 7) is 0.619. The van der Waals surface area contributed by atoms with E-state index in [2.05, 4.69) is 4.98 Å². The molecule has 1 saturated heterocycles. The van der Waals surface area contributed by atoms with Crippen molar-refractivity contribution in [3.63, 3.8) is 0 Å². The minimum absolute atomic E-state index is 0.00480. The van der Waals surface area contributed by atoms with Crippen LogP contribution in [0.5, 0.6) is 0 Å². The molecule has 1 aromatic heterocycles. The summed E-state index contributed by atoms with van der Waals surface area (Å²) in [4.78, 5) is 4.13. The van der Waals surface area contributed by atoms with E-state index in [4.69, 9.17) is 9.15 Å². The molecule has 0 aliphatic carbocycles. The van der Waals surface area contributed by atoms with Crippen LogP contribution in [0.3, 0.4) is 0 Å². The highest BCUT2D eigenvalue weighted by atomic mass is 32.2. The van der Waals surface area contributed by atoms with Gasteiger partial charge in [-0.25, -0.2) is 17.8 Å². The smallest absolute Gasteiger partial charge is 0.226 e. The quantitative estimate of drug-likeness (QED) is 0.845. The molecule has 1 aliphatic heterocycles. The number of nitrogens with zero attached hydrogens (tertiary/aromatic N) is 1. The van der Waals surface area contributed by atoms with Crippen molar-refractivity contribution in [1.82, 2.24) is 4.98 Å². The molecule has 0 radical (unpaired) electrons. The second-order valence-electron chi connectivity index (χ2n) is 5.34. The zero-order valence-electron chi connectivity index (χ0n) is 11.9. The van der Waals surface area contributed by atoms with Crippen molar-refractivity contribution in [3.8, 4) is 11.5 Å². The maximum Gasteiger partial charge on any atom is 0.226 e. The van der Waals surface area contributed by atoms with E-state index < -0.39 is 15.7 Å². The molecule has 0 amide bonds. The van der Waals surface area contributed by atoms with Crippen LogP contribution < -0.4 is 0 Å². The zero-order chi connectivity index (χ0) is 15.6. The summed E-state index contributed by atoms with van der Waals surface area (Å²) in [5.41, 5.74) is 0.792. The molecule has 0 spiro atoms. The molecule has 7 heteroatoms. The maximum atomic E-state index is 13.2. The molecular formula is C15H16FNO4S. The van der Waals surface area contributed by atoms with Gasteiger partial charge in [0.1, 0.15) is 12.1 Å². The molecule has 1 aromatic carbocycles. The van der Waals surface area contributed by atoms with Crippen LogP contribution in [0.1, 0.15) is 18.5 Å². The summed E-state index contributed by atoms with van der Waals surface area (Å²) in [7, 11) is -3.32. The van der Waals surface area contributed by atoms with Crippen LogP contribution in [0.25, 0.3) is 11.5 Å². The lowest BCUT2D eigenvalue weighted by Crippen LogP contribution is -2.21. The average Bonchev–Trinajstić information content (AvgIpc) is 3.09. The van der Waals surface area contributed by atoms with Crippen molar-refractivity contribution < 1.29 is 22.0 Å². The fourth-order valence-corrected chi connectivity index (χ4v) is 4.00. The first kappa shape index (κ1) is 15.2. The molecule has 118 valence electrons. The summed E-state index contributed by atoms with van der Waals surface area (Å²) in [5.74, 6) is -0.397. The molecule has 0 saturated carbocycles. The third-order valence-electron chi connectivity index (χ3n) is 3.45. The second-order valence-corrected chi connectivity index (χ2v) is 7.45. The van der Waals surface area contributed by atoms with E-state index in [1.54, 1.807) is 12.1 Å². The molecule has 1 fully saturated rings. The van der Waals surface area contributed by atoms with Crippen LogP contribution in [0, 0.1) is 5.82 Å². The molecule has 5 nitrogen and oxygen atoms in total. The highest BCUT2D eigenvalue weighted by Crippen LogP contribution is 2.21. The molecule has 2 heterocycles. The van der Waals surface area contributed by atoms with E-state index in [1.165, 1.54) is 18.4 Å². The number of hydrogen-bond acceptors (Lipinski definition) is 5. The molecule has 1 aliphatic rings. The van der Waals surface area contributed by atoms with Gasteiger partial charge in [-0.1, -0.05) is 6.07 Å². The number of hydrogen-bond donors (Lipinski definition) is 0. The Labute approximate surface area is 128 Å². The monoisotopic (exact) mass is 325 g/mol. The molecule has 2 aromatic rings. The Morgan fingerprint density at radius 2 is 2.23 bits per heavy atom. The van der Waals surface area contributed by atoms with Gasteiger partial charge >= 0.3 is 0 Å². The highest BCUT2D eigenvalue weighted by molar-refractivity contribution is 7.90. The van der Waals surface area contributed by atoms with Gasteiger partial charge in [-0.05, 0) is 31.0 Å². The predicted molar refractivity (Wildman–Crippen MR) is 78.4 cm³/mol. The first-order valence-electron chi connectivity index (χ1n) is 7.04. The Hall–Kier alpha value is -1.73. The summed E-state index contributed by atoms with van der Waals surface area (Å²) < 4.78 is 48.0. The van der Waals surface area contributed by atoms with Gasteiger partial charge in [0.25, 0.3) is 0 Å². The number of rotatable bonds is 5. The number of ether oxygens (including phenoxy) is 1. The van der Waals surface area contributed by atoms with Crippen molar-refractivity contribution in [2.45, 2.75) is 24.7 Å². The SMILES string of the molecule is O=S(=O)(Cc1coc(-c2cccc(F)c2)n1)C[C@@H]1CCCO1. The van der Waals surface area contributed by atoms with Crippen molar-refractivity contribution in [2.24, 2.45) is 0 Å². The van der Waals surface area contributed by atoms with Crippen molar-refractivity contribution in [3.05, 3.63) is 42.0 Å². The second kappa shape index (κ2) is 6.18. The lowest BCUT2D eigenvalue weighted by Gasteiger charge is -2.08. The lowest BCUT2D eigenvalue weighted by atomic mass is 10.2. The van der Waals surface area contributed by atoms with Gasteiger partial charge < -0.3 is 9.15 Å². The Kier molecular flexibility index (Phi) is 4.26. The zero-order valence-corrected chi connectivity index (χ0v) is 12.7. The molecule has 0 N–H and O–H groups in total. The van der Waals surface area contributed by atoms with Gasteiger partial charge in [-0.3, -0.25) is 0 Å². The minimum Gasteiger partial charge on any atom is -0.444 e. The molecule has 0 unspecified atom stereocenters. The topological polar surface area (TPSA) is 69.4 Å². The Morgan fingerprint density at radius 1 is 1.36 bits per heavy atom. The van der Waals surface area contributed by atoms with Crippen molar-refractivity contribution in [1.29, 1.82) is 0 Å². The van der Waals surface area contributed by atoms with Crippen LogP contribution in [-0.4, -0.2) is 31.9 Å². The first-order chi connectivity index (χ1) is 10.5. The number of sulfone groups is 1. The van der Waals surface area contributed by atoms with Crippen molar-refractivity contribution >= 4 is 9.84 Å². The van der Waals surface area contributed by atoms with Crippen LogP contribution in [-0.2, 0) is 20.3 Å². The average molecular weight is 325 g/mol. The van der Waals surface area contributed by atoms with Gasteiger partial charge in [0, 0.05) is 12.2 Å². The predicted octanol–water partition coefficient (Wildman–Crippen LogP) is 2.57. The normalized spacial score (nSPS) is 18.7. The standard InChI is InChI=1S/C15H16FNO4S/c16-12-4-1-3-11(7-12)15-17-13(8-21-15)9-22(18,19)10-14-5-2-6-20-14/h1,3-4,7-8,14H,2,5-6,9-10H2/t14-/m0/s1. The number of aromatic nitrogens is 1. The number of benzene rings is 1. The van der Waals surface area contributed by atoms with E-state index in [0.717, 1.165) is 12.8 Å². The molecule has 0 bridgehead atoms. The van der Waals surface area contributed by atoms with Gasteiger partial charge in [0.15, 0.2) is 9.84 Å². The Morgan fingerprint density at radius 3 is 2.95 bits per heavy atom. The summed E-state index contributed by atoms with van der Waals surface area (Å²) in [5, 5.41) is 0. The van der Waals surface area contributed by atoms with Gasteiger partial charge in [0.05, 0.1) is 23.3 Å². The van der Waals surface area contributed by atoms with E-state index in [9.17, 15) is 12.8 Å². The number of oxazole rings is 1. The number of halogens is 1. The summed E-state index contributed by atoms with van der Waals surface area (Å²) in [6, 6.07) is 5.80.